The number of aromatic nitrogens is 2. The third-order valence-electron chi connectivity index (χ3n) is 6.31. The van der Waals surface area contributed by atoms with E-state index in [0.717, 1.165) is 25.3 Å². The Morgan fingerprint density at radius 3 is 2.49 bits per heavy atom. The van der Waals surface area contributed by atoms with Crippen molar-refractivity contribution in [1.82, 2.24) is 9.66 Å². The van der Waals surface area contributed by atoms with E-state index in [2.05, 4.69) is 61.2 Å². The van der Waals surface area contributed by atoms with Gasteiger partial charge in [-0.15, -0.1) is 0 Å². The first-order chi connectivity index (χ1) is 18.7. The van der Waals surface area contributed by atoms with Crippen LogP contribution in [0.2, 0.25) is 0 Å². The minimum absolute atomic E-state index is 0.248. The highest BCUT2D eigenvalue weighted by Crippen LogP contribution is 2.35. The first-order valence-corrected chi connectivity index (χ1v) is 14.0. The summed E-state index contributed by atoms with van der Waals surface area (Å²) in [6, 6.07) is 23.6. The topological polar surface area (TPSA) is 65.7 Å². The Labute approximate surface area is 243 Å². The second-order valence-corrected chi connectivity index (χ2v) is 12.0. The molecule has 5 rings (SSSR count). The van der Waals surface area contributed by atoms with Crippen molar-refractivity contribution in [2.75, 3.05) is 7.11 Å². The standard InChI is InChI=1S/C31H27Br2N3O3/c1-31(2,3)30-35-26-13-12-22(32)15-25(26)29(37)36(30)34-17-21-14-23(33)16-27(38-4)28(21)39-18-20-10-7-9-19-8-5-6-11-24(19)20/h5-17H,18H2,1-4H3. The van der Waals surface area contributed by atoms with Crippen LogP contribution in [-0.4, -0.2) is 23.0 Å². The Morgan fingerprint density at radius 2 is 1.72 bits per heavy atom. The third kappa shape index (κ3) is 5.63. The number of hydrogen-bond acceptors (Lipinski definition) is 5. The molecule has 6 nitrogen and oxygen atoms in total. The number of benzene rings is 4. The maximum Gasteiger partial charge on any atom is 0.282 e. The van der Waals surface area contributed by atoms with Gasteiger partial charge in [0.25, 0.3) is 5.56 Å². The number of rotatable bonds is 6. The molecular formula is C31H27Br2N3O3. The van der Waals surface area contributed by atoms with Crippen LogP contribution < -0.4 is 15.0 Å². The fourth-order valence-corrected chi connectivity index (χ4v) is 5.24. The zero-order chi connectivity index (χ0) is 27.7. The van der Waals surface area contributed by atoms with Gasteiger partial charge in [0.05, 0.1) is 24.2 Å². The van der Waals surface area contributed by atoms with Crippen LogP contribution in [0, 0.1) is 0 Å². The zero-order valence-electron chi connectivity index (χ0n) is 22.0. The van der Waals surface area contributed by atoms with E-state index in [1.807, 2.05) is 63.2 Å². The van der Waals surface area contributed by atoms with Crippen LogP contribution in [0.3, 0.4) is 0 Å². The first-order valence-electron chi connectivity index (χ1n) is 12.4. The Morgan fingerprint density at radius 1 is 0.949 bits per heavy atom. The smallest absolute Gasteiger partial charge is 0.282 e. The molecule has 0 spiro atoms. The summed E-state index contributed by atoms with van der Waals surface area (Å²) in [6.07, 6.45) is 1.62. The molecule has 0 bridgehead atoms. The van der Waals surface area contributed by atoms with Crippen LogP contribution in [0.15, 0.2) is 91.6 Å². The van der Waals surface area contributed by atoms with Crippen LogP contribution in [0.25, 0.3) is 21.7 Å². The van der Waals surface area contributed by atoms with Gasteiger partial charge in [-0.1, -0.05) is 95.1 Å². The fourth-order valence-electron chi connectivity index (χ4n) is 4.42. The molecule has 0 aliphatic heterocycles. The van der Waals surface area contributed by atoms with E-state index in [0.29, 0.717) is 40.4 Å². The molecule has 0 saturated heterocycles. The molecule has 4 aromatic carbocycles. The van der Waals surface area contributed by atoms with E-state index in [4.69, 9.17) is 14.5 Å². The van der Waals surface area contributed by atoms with E-state index >= 15 is 0 Å². The maximum atomic E-state index is 13.6. The molecule has 0 unspecified atom stereocenters. The molecule has 1 heterocycles. The van der Waals surface area contributed by atoms with E-state index in [1.165, 1.54) is 4.68 Å². The number of methoxy groups -OCH3 is 1. The second kappa shape index (κ2) is 10.9. The second-order valence-electron chi connectivity index (χ2n) is 10.2. The summed E-state index contributed by atoms with van der Waals surface area (Å²) in [5.74, 6) is 1.63. The summed E-state index contributed by atoms with van der Waals surface area (Å²) in [5, 5.41) is 7.40. The zero-order valence-corrected chi connectivity index (χ0v) is 25.2. The van der Waals surface area contributed by atoms with Crippen LogP contribution in [-0.2, 0) is 12.0 Å². The molecule has 0 radical (unpaired) electrons. The lowest BCUT2D eigenvalue weighted by Crippen LogP contribution is -2.29. The highest BCUT2D eigenvalue weighted by atomic mass is 79.9. The van der Waals surface area contributed by atoms with Gasteiger partial charge in [-0.25, -0.2) is 4.98 Å². The van der Waals surface area contributed by atoms with E-state index in [9.17, 15) is 4.79 Å². The van der Waals surface area contributed by atoms with Crippen LogP contribution in [0.1, 0.15) is 37.7 Å². The molecule has 5 aromatic rings. The molecule has 0 amide bonds. The van der Waals surface area contributed by atoms with Gasteiger partial charge in [-0.2, -0.15) is 9.78 Å². The normalized spacial score (nSPS) is 11.9. The van der Waals surface area contributed by atoms with Crippen molar-refractivity contribution in [1.29, 1.82) is 0 Å². The van der Waals surface area contributed by atoms with Crippen molar-refractivity contribution in [3.63, 3.8) is 0 Å². The average Bonchev–Trinajstić information content (AvgIpc) is 2.91. The Bertz CT molecular complexity index is 1780. The number of fused-ring (bicyclic) bond motifs is 2. The predicted octanol–water partition coefficient (Wildman–Crippen LogP) is 7.84. The molecule has 8 heteroatoms. The van der Waals surface area contributed by atoms with Crippen molar-refractivity contribution in [3.05, 3.63) is 109 Å². The summed E-state index contributed by atoms with van der Waals surface area (Å²) in [5.41, 5.74) is 1.66. The maximum absolute atomic E-state index is 13.6. The lowest BCUT2D eigenvalue weighted by atomic mass is 9.95. The summed E-state index contributed by atoms with van der Waals surface area (Å²) in [6.45, 7) is 6.35. The van der Waals surface area contributed by atoms with Gasteiger partial charge in [0.1, 0.15) is 12.4 Å². The minimum atomic E-state index is -0.430. The largest absolute Gasteiger partial charge is 0.493 e. The third-order valence-corrected chi connectivity index (χ3v) is 7.26. The van der Waals surface area contributed by atoms with Gasteiger partial charge in [0.15, 0.2) is 11.5 Å². The Hall–Kier alpha value is -3.49. The molecular weight excluding hydrogens is 622 g/mol. The van der Waals surface area contributed by atoms with Gasteiger partial charge < -0.3 is 9.47 Å². The number of hydrogen-bond donors (Lipinski definition) is 0. The summed E-state index contributed by atoms with van der Waals surface area (Å²) < 4.78 is 15.0. The lowest BCUT2D eigenvalue weighted by Gasteiger charge is -2.21. The lowest BCUT2D eigenvalue weighted by molar-refractivity contribution is 0.285. The quantitative estimate of drug-likeness (QED) is 0.176. The predicted molar refractivity (Wildman–Crippen MR) is 164 cm³/mol. The highest BCUT2D eigenvalue weighted by molar-refractivity contribution is 9.10. The molecule has 0 N–H and O–H groups in total. The molecule has 39 heavy (non-hydrogen) atoms. The van der Waals surface area contributed by atoms with Gasteiger partial charge in [0, 0.05) is 19.9 Å². The molecule has 0 fully saturated rings. The molecule has 1 aromatic heterocycles. The highest BCUT2D eigenvalue weighted by Gasteiger charge is 2.23. The van der Waals surface area contributed by atoms with Gasteiger partial charge in [-0.05, 0) is 46.7 Å². The number of nitrogens with zero attached hydrogens (tertiary/aromatic N) is 3. The first kappa shape index (κ1) is 27.1. The van der Waals surface area contributed by atoms with E-state index in [-0.39, 0.29) is 5.56 Å². The van der Waals surface area contributed by atoms with Gasteiger partial charge >= 0.3 is 0 Å². The van der Waals surface area contributed by atoms with E-state index in [1.54, 1.807) is 19.4 Å². The van der Waals surface area contributed by atoms with Gasteiger partial charge in [0.2, 0.25) is 0 Å². The summed E-state index contributed by atoms with van der Waals surface area (Å²) in [7, 11) is 1.60. The Kier molecular flexibility index (Phi) is 7.60. The molecule has 198 valence electrons. The molecule has 0 aliphatic carbocycles. The average molecular weight is 649 g/mol. The van der Waals surface area contributed by atoms with Crippen molar-refractivity contribution < 1.29 is 9.47 Å². The Balaban J connectivity index is 1.60. The van der Waals surface area contributed by atoms with E-state index < -0.39 is 5.41 Å². The van der Waals surface area contributed by atoms with Crippen LogP contribution in [0.5, 0.6) is 11.5 Å². The van der Waals surface area contributed by atoms with Crippen LogP contribution >= 0.6 is 31.9 Å². The van der Waals surface area contributed by atoms with Crippen molar-refractivity contribution in [2.45, 2.75) is 32.8 Å². The fraction of sp³-hybridized carbons (Fsp3) is 0.194. The monoisotopic (exact) mass is 647 g/mol. The minimum Gasteiger partial charge on any atom is -0.493 e. The summed E-state index contributed by atoms with van der Waals surface area (Å²) >= 11 is 7.02. The molecule has 0 aliphatic rings. The SMILES string of the molecule is COc1cc(Br)cc(C=Nn2c(C(C)(C)C)nc3ccc(Br)cc3c2=O)c1OCc1cccc2ccccc12. The van der Waals surface area contributed by atoms with Crippen LogP contribution in [0.4, 0.5) is 0 Å². The van der Waals surface area contributed by atoms with Crippen molar-refractivity contribution in [3.8, 4) is 11.5 Å². The summed E-state index contributed by atoms with van der Waals surface area (Å²) in [4.78, 5) is 18.4. The number of halogens is 2. The molecule has 0 atom stereocenters. The van der Waals surface area contributed by atoms with Crippen molar-refractivity contribution >= 4 is 59.7 Å². The van der Waals surface area contributed by atoms with Gasteiger partial charge in [-0.3, -0.25) is 4.79 Å². The number of ether oxygens (including phenoxy) is 2. The van der Waals surface area contributed by atoms with Crippen molar-refractivity contribution in [2.24, 2.45) is 5.10 Å². The molecule has 0 saturated carbocycles.